The number of thioether (sulfide) groups is 1. The predicted molar refractivity (Wildman–Crippen MR) is 83.1 cm³/mol. The molecule has 0 spiro atoms. The highest BCUT2D eigenvalue weighted by atomic mass is 32.2. The van der Waals surface area contributed by atoms with Crippen molar-refractivity contribution in [2.45, 2.75) is 11.7 Å². The largest absolute Gasteiger partial charge is 0.366 e. The second-order valence-electron chi connectivity index (χ2n) is 4.83. The number of sulfone groups is 1. The molecule has 0 aliphatic carbocycles. The Bertz CT molecular complexity index is 641. The number of hydrogen-bond acceptors (Lipinski definition) is 5. The molecule has 2 amide bonds. The fourth-order valence-corrected chi connectivity index (χ4v) is 5.44. The number of amides is 2. The monoisotopic (exact) mass is 328 g/mol. The van der Waals surface area contributed by atoms with Crippen molar-refractivity contribution in [3.05, 3.63) is 29.8 Å². The zero-order chi connectivity index (χ0) is 15.5. The maximum atomic E-state index is 11.8. The Morgan fingerprint density at radius 1 is 1.29 bits per heavy atom. The molecule has 1 heterocycles. The second-order valence-corrected chi connectivity index (χ2v) is 8.34. The molecule has 21 heavy (non-hydrogen) atoms. The maximum Gasteiger partial charge on any atom is 0.248 e. The van der Waals surface area contributed by atoms with Crippen molar-refractivity contribution < 1.29 is 18.0 Å². The molecular weight excluding hydrogens is 312 g/mol. The van der Waals surface area contributed by atoms with Gasteiger partial charge in [0, 0.05) is 16.5 Å². The van der Waals surface area contributed by atoms with Crippen LogP contribution in [0.3, 0.4) is 0 Å². The number of nitrogens with two attached hydrogens (primary N) is 1. The summed E-state index contributed by atoms with van der Waals surface area (Å²) in [4.78, 5) is 22.7. The number of primary amides is 1. The first kappa shape index (κ1) is 15.8. The van der Waals surface area contributed by atoms with Crippen LogP contribution < -0.4 is 11.1 Å². The lowest BCUT2D eigenvalue weighted by molar-refractivity contribution is -0.113. The Morgan fingerprint density at radius 2 is 1.95 bits per heavy atom. The minimum absolute atomic E-state index is 0.00186. The van der Waals surface area contributed by atoms with Crippen molar-refractivity contribution in [1.29, 1.82) is 0 Å². The van der Waals surface area contributed by atoms with Crippen LogP contribution in [0.4, 0.5) is 5.69 Å². The summed E-state index contributed by atoms with van der Waals surface area (Å²) in [6.07, 6.45) is 0.605. The highest BCUT2D eigenvalue weighted by molar-refractivity contribution is 8.02. The average Bonchev–Trinajstić information content (AvgIpc) is 2.77. The van der Waals surface area contributed by atoms with E-state index >= 15 is 0 Å². The standard InChI is InChI=1S/C13H16N2O4S2/c14-13(17)9-1-3-10(4-2-9)15-12(16)7-20-11-5-6-21(18,19)8-11/h1-4,11H,5-8H2,(H2,14,17)(H,15,16)/t11-/m1/s1. The smallest absolute Gasteiger partial charge is 0.248 e. The predicted octanol–water partition coefficient (Wildman–Crippen LogP) is 0.644. The molecule has 1 aliphatic heterocycles. The van der Waals surface area contributed by atoms with Crippen LogP contribution in [-0.2, 0) is 14.6 Å². The summed E-state index contributed by atoms with van der Waals surface area (Å²) in [6.45, 7) is 0. The van der Waals surface area contributed by atoms with Crippen LogP contribution in [0.2, 0.25) is 0 Å². The van der Waals surface area contributed by atoms with Crippen LogP contribution in [0, 0.1) is 0 Å². The minimum atomic E-state index is -2.91. The molecule has 0 radical (unpaired) electrons. The fraction of sp³-hybridized carbons (Fsp3) is 0.385. The molecule has 114 valence electrons. The Balaban J connectivity index is 1.81. The molecule has 8 heteroatoms. The van der Waals surface area contributed by atoms with E-state index < -0.39 is 15.7 Å². The van der Waals surface area contributed by atoms with Gasteiger partial charge in [0.05, 0.1) is 17.3 Å². The summed E-state index contributed by atoms with van der Waals surface area (Å²) in [6, 6.07) is 6.27. The second kappa shape index (κ2) is 6.48. The van der Waals surface area contributed by atoms with Crippen LogP contribution in [-0.4, -0.2) is 42.7 Å². The molecule has 1 aromatic carbocycles. The Morgan fingerprint density at radius 3 is 2.48 bits per heavy atom. The minimum Gasteiger partial charge on any atom is -0.366 e. The van der Waals surface area contributed by atoms with Crippen LogP contribution in [0.15, 0.2) is 24.3 Å². The molecule has 0 aromatic heterocycles. The van der Waals surface area contributed by atoms with E-state index in [0.717, 1.165) is 0 Å². The van der Waals surface area contributed by atoms with Crippen molar-refractivity contribution in [3.8, 4) is 0 Å². The molecular formula is C13H16N2O4S2. The molecule has 0 unspecified atom stereocenters. The van der Waals surface area contributed by atoms with Crippen LogP contribution in [0.1, 0.15) is 16.8 Å². The molecule has 3 N–H and O–H groups in total. The SMILES string of the molecule is NC(=O)c1ccc(NC(=O)CS[C@@H]2CCS(=O)(=O)C2)cc1. The van der Waals surface area contributed by atoms with Crippen LogP contribution in [0.5, 0.6) is 0 Å². The van der Waals surface area contributed by atoms with Gasteiger partial charge in [0.15, 0.2) is 9.84 Å². The summed E-state index contributed by atoms with van der Waals surface area (Å²) in [5.74, 6) is -0.154. The first-order valence-electron chi connectivity index (χ1n) is 6.37. The van der Waals surface area contributed by atoms with Gasteiger partial charge in [-0.3, -0.25) is 9.59 Å². The van der Waals surface area contributed by atoms with E-state index in [4.69, 9.17) is 5.73 Å². The van der Waals surface area contributed by atoms with E-state index in [1.807, 2.05) is 0 Å². The van der Waals surface area contributed by atoms with Gasteiger partial charge < -0.3 is 11.1 Å². The third kappa shape index (κ3) is 4.75. The van der Waals surface area contributed by atoms with E-state index in [1.165, 1.54) is 23.9 Å². The van der Waals surface area contributed by atoms with Gasteiger partial charge >= 0.3 is 0 Å². The zero-order valence-corrected chi connectivity index (χ0v) is 12.9. The van der Waals surface area contributed by atoms with Crippen molar-refractivity contribution in [3.63, 3.8) is 0 Å². The third-order valence-electron chi connectivity index (χ3n) is 3.09. The van der Waals surface area contributed by atoms with Gasteiger partial charge in [-0.2, -0.15) is 0 Å². The normalized spacial score (nSPS) is 20.1. The molecule has 1 aromatic rings. The van der Waals surface area contributed by atoms with E-state index in [0.29, 0.717) is 17.7 Å². The molecule has 1 fully saturated rings. The van der Waals surface area contributed by atoms with Crippen LogP contribution >= 0.6 is 11.8 Å². The number of hydrogen-bond donors (Lipinski definition) is 2. The number of carbonyl (C=O) groups excluding carboxylic acids is 2. The third-order valence-corrected chi connectivity index (χ3v) is 6.38. The van der Waals surface area contributed by atoms with Crippen molar-refractivity contribution in [2.75, 3.05) is 22.6 Å². The van der Waals surface area contributed by atoms with Gasteiger partial charge in [-0.1, -0.05) is 0 Å². The number of carbonyl (C=O) groups is 2. The Kier molecular flexibility index (Phi) is 4.89. The molecule has 1 atom stereocenters. The van der Waals surface area contributed by atoms with E-state index in [-0.39, 0.29) is 28.4 Å². The lowest BCUT2D eigenvalue weighted by atomic mass is 10.2. The lowest BCUT2D eigenvalue weighted by Gasteiger charge is -2.08. The summed E-state index contributed by atoms with van der Waals surface area (Å²) in [5.41, 5.74) is 6.07. The number of rotatable bonds is 5. The van der Waals surface area contributed by atoms with Gasteiger partial charge in [0.25, 0.3) is 0 Å². The summed E-state index contributed by atoms with van der Waals surface area (Å²) in [5, 5.41) is 2.69. The number of nitrogens with one attached hydrogen (secondary N) is 1. The highest BCUT2D eigenvalue weighted by Gasteiger charge is 2.28. The van der Waals surface area contributed by atoms with Gasteiger partial charge in [-0.15, -0.1) is 11.8 Å². The Hall–Kier alpha value is -1.54. The van der Waals surface area contributed by atoms with E-state index in [1.54, 1.807) is 12.1 Å². The first-order valence-corrected chi connectivity index (χ1v) is 9.24. The van der Waals surface area contributed by atoms with Crippen molar-refractivity contribution in [2.24, 2.45) is 5.73 Å². The number of anilines is 1. The van der Waals surface area contributed by atoms with E-state index in [9.17, 15) is 18.0 Å². The topological polar surface area (TPSA) is 106 Å². The zero-order valence-electron chi connectivity index (χ0n) is 11.2. The molecule has 1 saturated heterocycles. The van der Waals surface area contributed by atoms with Crippen LogP contribution in [0.25, 0.3) is 0 Å². The molecule has 1 aliphatic rings. The van der Waals surface area contributed by atoms with Gasteiger partial charge in [0.2, 0.25) is 11.8 Å². The summed E-state index contributed by atoms with van der Waals surface area (Å²) >= 11 is 1.36. The highest BCUT2D eigenvalue weighted by Crippen LogP contribution is 2.24. The Labute approximate surface area is 127 Å². The molecule has 0 bridgehead atoms. The van der Waals surface area contributed by atoms with E-state index in [2.05, 4.69) is 5.32 Å². The van der Waals surface area contributed by atoms with Gasteiger partial charge in [-0.05, 0) is 30.7 Å². The average molecular weight is 328 g/mol. The van der Waals surface area contributed by atoms with Crippen molar-refractivity contribution in [1.82, 2.24) is 0 Å². The van der Waals surface area contributed by atoms with Crippen molar-refractivity contribution >= 4 is 39.1 Å². The number of benzene rings is 1. The lowest BCUT2D eigenvalue weighted by Crippen LogP contribution is -2.17. The molecule has 0 saturated carbocycles. The van der Waals surface area contributed by atoms with Gasteiger partial charge in [0.1, 0.15) is 0 Å². The quantitative estimate of drug-likeness (QED) is 0.825. The summed E-state index contributed by atoms with van der Waals surface area (Å²) in [7, 11) is -2.91. The first-order chi connectivity index (χ1) is 9.85. The maximum absolute atomic E-state index is 11.8. The van der Waals surface area contributed by atoms with Gasteiger partial charge in [-0.25, -0.2) is 8.42 Å². The molecule has 6 nitrogen and oxygen atoms in total. The fourth-order valence-electron chi connectivity index (χ4n) is 2.00. The summed E-state index contributed by atoms with van der Waals surface area (Å²) < 4.78 is 22.6. The molecule has 2 rings (SSSR count).